The third kappa shape index (κ3) is 1.83. The summed E-state index contributed by atoms with van der Waals surface area (Å²) in [5, 5.41) is 10.5. The quantitative estimate of drug-likeness (QED) is 0.688. The van der Waals surface area contributed by atoms with E-state index in [0.717, 1.165) is 20.7 Å². The van der Waals surface area contributed by atoms with E-state index in [1.165, 1.54) is 0 Å². The molecule has 84 valence electrons. The number of benzene rings is 1. The molecule has 0 saturated heterocycles. The molecule has 0 aliphatic rings. The smallest absolute Gasteiger partial charge is 0.116 e. The molecular weight excluding hydrogens is 232 g/mol. The number of nitrogen functional groups attached to an aromatic ring is 1. The highest BCUT2D eigenvalue weighted by molar-refractivity contribution is 7.22. The van der Waals surface area contributed by atoms with Crippen LogP contribution in [0.2, 0.25) is 0 Å². The van der Waals surface area contributed by atoms with Gasteiger partial charge in [-0.15, -0.1) is 11.3 Å². The number of nitrogens with two attached hydrogens (primary N) is 1. The molecule has 3 rings (SSSR count). The first-order chi connectivity index (χ1) is 8.22. The standard InChI is InChI=1S/C13H10N2OS/c14-9-1-3-11(15-7-9)13-6-8-5-10(16)2-4-12(8)17-13/h1-7,16H,14H2. The highest BCUT2D eigenvalue weighted by Gasteiger charge is 2.05. The number of thiophene rings is 1. The predicted molar refractivity (Wildman–Crippen MR) is 71.1 cm³/mol. The van der Waals surface area contributed by atoms with E-state index in [1.807, 2.05) is 24.3 Å². The van der Waals surface area contributed by atoms with Crippen LogP contribution >= 0.6 is 11.3 Å². The molecule has 2 heterocycles. The van der Waals surface area contributed by atoms with Gasteiger partial charge in [0.15, 0.2) is 0 Å². The minimum absolute atomic E-state index is 0.284. The lowest BCUT2D eigenvalue weighted by Gasteiger charge is -1.95. The Hall–Kier alpha value is -2.07. The number of fused-ring (bicyclic) bond motifs is 1. The molecule has 3 N–H and O–H groups in total. The lowest BCUT2D eigenvalue weighted by molar-refractivity contribution is 0.476. The number of aromatic hydroxyl groups is 1. The zero-order valence-corrected chi connectivity index (χ0v) is 9.74. The second-order valence-corrected chi connectivity index (χ2v) is 4.89. The molecule has 1 aromatic carbocycles. The zero-order valence-electron chi connectivity index (χ0n) is 8.92. The SMILES string of the molecule is Nc1ccc(-c2cc3cc(O)ccc3s2)nc1. The molecule has 3 nitrogen and oxygen atoms in total. The van der Waals surface area contributed by atoms with Crippen molar-refractivity contribution in [3.05, 3.63) is 42.6 Å². The first-order valence-corrected chi connectivity index (χ1v) is 5.98. The van der Waals surface area contributed by atoms with Crippen LogP contribution in [-0.4, -0.2) is 10.1 Å². The number of anilines is 1. The van der Waals surface area contributed by atoms with Crippen LogP contribution in [-0.2, 0) is 0 Å². The van der Waals surface area contributed by atoms with Crippen LogP contribution in [0.3, 0.4) is 0 Å². The van der Waals surface area contributed by atoms with Crippen molar-refractivity contribution in [1.29, 1.82) is 0 Å². The number of phenolic OH excluding ortho intramolecular Hbond substituents is 1. The molecule has 0 radical (unpaired) electrons. The van der Waals surface area contributed by atoms with Gasteiger partial charge in [-0.05, 0) is 41.8 Å². The van der Waals surface area contributed by atoms with Crippen molar-refractivity contribution in [1.82, 2.24) is 4.98 Å². The Labute approximate surface area is 102 Å². The van der Waals surface area contributed by atoms with Gasteiger partial charge < -0.3 is 10.8 Å². The van der Waals surface area contributed by atoms with Gasteiger partial charge in [-0.3, -0.25) is 4.98 Å². The molecule has 2 aromatic heterocycles. The fourth-order valence-electron chi connectivity index (χ4n) is 1.71. The Morgan fingerprint density at radius 3 is 2.76 bits per heavy atom. The first kappa shape index (κ1) is 10.1. The summed E-state index contributed by atoms with van der Waals surface area (Å²) >= 11 is 1.65. The molecule has 0 fully saturated rings. The van der Waals surface area contributed by atoms with Gasteiger partial charge in [-0.1, -0.05) is 0 Å². The highest BCUT2D eigenvalue weighted by atomic mass is 32.1. The third-order valence-electron chi connectivity index (χ3n) is 2.54. The average Bonchev–Trinajstić information content (AvgIpc) is 2.72. The largest absolute Gasteiger partial charge is 0.508 e. The Balaban J connectivity index is 2.14. The zero-order chi connectivity index (χ0) is 11.8. The number of pyridine rings is 1. The molecular formula is C13H10N2OS. The van der Waals surface area contributed by atoms with Crippen LogP contribution in [0.1, 0.15) is 0 Å². The highest BCUT2D eigenvalue weighted by Crippen LogP contribution is 2.34. The number of hydrogen-bond donors (Lipinski definition) is 2. The summed E-state index contributed by atoms with van der Waals surface area (Å²) in [5.41, 5.74) is 7.17. The van der Waals surface area contributed by atoms with E-state index in [9.17, 15) is 5.11 Å². The molecule has 0 aliphatic heterocycles. The molecule has 0 spiro atoms. The van der Waals surface area contributed by atoms with E-state index in [-0.39, 0.29) is 5.75 Å². The van der Waals surface area contributed by atoms with Crippen molar-refractivity contribution >= 4 is 27.1 Å². The van der Waals surface area contributed by atoms with E-state index in [4.69, 9.17) is 5.73 Å². The fraction of sp³-hybridized carbons (Fsp3) is 0. The summed E-state index contributed by atoms with van der Waals surface area (Å²) in [5.74, 6) is 0.284. The molecule has 0 bridgehead atoms. The molecule has 0 amide bonds. The molecule has 3 aromatic rings. The lowest BCUT2D eigenvalue weighted by atomic mass is 10.2. The number of nitrogens with zero attached hydrogens (tertiary/aromatic N) is 1. The number of rotatable bonds is 1. The van der Waals surface area contributed by atoms with Crippen molar-refractivity contribution < 1.29 is 5.11 Å². The molecule has 0 atom stereocenters. The van der Waals surface area contributed by atoms with Gasteiger partial charge in [0.05, 0.1) is 22.5 Å². The maximum atomic E-state index is 9.42. The van der Waals surface area contributed by atoms with Crippen LogP contribution < -0.4 is 5.73 Å². The van der Waals surface area contributed by atoms with E-state index >= 15 is 0 Å². The summed E-state index contributed by atoms with van der Waals surface area (Å²) in [6, 6.07) is 11.1. The van der Waals surface area contributed by atoms with Gasteiger partial charge in [0.1, 0.15) is 5.75 Å². The van der Waals surface area contributed by atoms with E-state index < -0.39 is 0 Å². The van der Waals surface area contributed by atoms with Crippen molar-refractivity contribution in [3.63, 3.8) is 0 Å². The normalized spacial score (nSPS) is 10.8. The predicted octanol–water partition coefficient (Wildman–Crippen LogP) is 3.25. The minimum atomic E-state index is 0.284. The van der Waals surface area contributed by atoms with Crippen LogP contribution in [0.15, 0.2) is 42.6 Å². The van der Waals surface area contributed by atoms with Crippen LogP contribution in [0.5, 0.6) is 5.75 Å². The van der Waals surface area contributed by atoms with Gasteiger partial charge in [0.2, 0.25) is 0 Å². The number of hydrogen-bond acceptors (Lipinski definition) is 4. The summed E-state index contributed by atoms with van der Waals surface area (Å²) in [6.45, 7) is 0. The summed E-state index contributed by atoms with van der Waals surface area (Å²) in [4.78, 5) is 5.36. The number of aromatic nitrogens is 1. The minimum Gasteiger partial charge on any atom is -0.508 e. The molecule has 0 aliphatic carbocycles. The molecule has 0 saturated carbocycles. The van der Waals surface area contributed by atoms with Gasteiger partial charge in [0.25, 0.3) is 0 Å². The Bertz CT molecular complexity index is 673. The molecule has 17 heavy (non-hydrogen) atoms. The monoisotopic (exact) mass is 242 g/mol. The fourth-order valence-corrected chi connectivity index (χ4v) is 2.73. The maximum Gasteiger partial charge on any atom is 0.116 e. The van der Waals surface area contributed by atoms with Crippen molar-refractivity contribution in [3.8, 4) is 16.3 Å². The Kier molecular flexibility index (Phi) is 2.23. The van der Waals surface area contributed by atoms with E-state index in [2.05, 4.69) is 4.98 Å². The van der Waals surface area contributed by atoms with Gasteiger partial charge in [-0.2, -0.15) is 0 Å². The van der Waals surface area contributed by atoms with Gasteiger partial charge >= 0.3 is 0 Å². The van der Waals surface area contributed by atoms with Crippen LogP contribution in [0.25, 0.3) is 20.7 Å². The molecule has 0 unspecified atom stereocenters. The first-order valence-electron chi connectivity index (χ1n) is 5.17. The van der Waals surface area contributed by atoms with E-state index in [0.29, 0.717) is 5.69 Å². The van der Waals surface area contributed by atoms with Gasteiger partial charge in [-0.25, -0.2) is 0 Å². The van der Waals surface area contributed by atoms with Crippen molar-refractivity contribution in [2.45, 2.75) is 0 Å². The summed E-state index contributed by atoms with van der Waals surface area (Å²) in [6.07, 6.45) is 1.65. The van der Waals surface area contributed by atoms with Gasteiger partial charge in [0, 0.05) is 4.70 Å². The van der Waals surface area contributed by atoms with Crippen molar-refractivity contribution in [2.75, 3.05) is 5.73 Å². The second kappa shape index (κ2) is 3.75. The van der Waals surface area contributed by atoms with Crippen LogP contribution in [0, 0.1) is 0 Å². The van der Waals surface area contributed by atoms with Crippen LogP contribution in [0.4, 0.5) is 5.69 Å². The summed E-state index contributed by atoms with van der Waals surface area (Å²) in [7, 11) is 0. The average molecular weight is 242 g/mol. The van der Waals surface area contributed by atoms with E-state index in [1.54, 1.807) is 29.7 Å². The Morgan fingerprint density at radius 1 is 1.12 bits per heavy atom. The topological polar surface area (TPSA) is 59.1 Å². The van der Waals surface area contributed by atoms with Crippen molar-refractivity contribution in [2.24, 2.45) is 0 Å². The maximum absolute atomic E-state index is 9.42. The second-order valence-electron chi connectivity index (χ2n) is 3.81. The lowest BCUT2D eigenvalue weighted by Crippen LogP contribution is -1.86. The number of phenols is 1. The Morgan fingerprint density at radius 2 is 2.00 bits per heavy atom. The molecule has 4 heteroatoms. The third-order valence-corrected chi connectivity index (χ3v) is 3.68. The summed E-state index contributed by atoms with van der Waals surface area (Å²) < 4.78 is 1.14.